The van der Waals surface area contributed by atoms with Crippen molar-refractivity contribution in [3.63, 3.8) is 0 Å². The van der Waals surface area contributed by atoms with Crippen molar-refractivity contribution < 1.29 is 0 Å². The summed E-state index contributed by atoms with van der Waals surface area (Å²) in [4.78, 5) is 4.66. The second kappa shape index (κ2) is 6.09. The Kier molecular flexibility index (Phi) is 3.76. The molecule has 4 rings (SSSR count). The number of pyridine rings is 1. The molecule has 0 bridgehead atoms. The quantitative estimate of drug-likeness (QED) is 0.616. The number of nitrogens with one attached hydrogen (secondary N) is 1. The molecular formula is C20H21N5. The Morgan fingerprint density at radius 2 is 1.84 bits per heavy atom. The minimum atomic E-state index is 0.777. The summed E-state index contributed by atoms with van der Waals surface area (Å²) in [6, 6.07) is 14.4. The highest BCUT2D eigenvalue weighted by Crippen LogP contribution is 2.22. The second-order valence-electron chi connectivity index (χ2n) is 6.30. The van der Waals surface area contributed by atoms with Crippen LogP contribution < -0.4 is 5.32 Å². The first-order chi connectivity index (χ1) is 12.1. The Balaban J connectivity index is 1.52. The SMILES string of the molecule is Cc1nn(C)c(C)c1CNc1ccc(-c2cn3ccccc3n2)cc1. The number of nitrogens with zero attached hydrogens (tertiary/aromatic N) is 4. The van der Waals surface area contributed by atoms with Crippen LogP contribution in [-0.4, -0.2) is 19.2 Å². The van der Waals surface area contributed by atoms with Gasteiger partial charge in [-0.25, -0.2) is 4.98 Å². The third-order valence-electron chi connectivity index (χ3n) is 4.67. The lowest BCUT2D eigenvalue weighted by Gasteiger charge is -2.07. The van der Waals surface area contributed by atoms with Crippen LogP contribution in [0.25, 0.3) is 16.9 Å². The molecule has 25 heavy (non-hydrogen) atoms. The van der Waals surface area contributed by atoms with E-state index >= 15 is 0 Å². The first-order valence-corrected chi connectivity index (χ1v) is 8.39. The molecule has 0 radical (unpaired) electrons. The Hall–Kier alpha value is -3.08. The zero-order valence-corrected chi connectivity index (χ0v) is 14.7. The van der Waals surface area contributed by atoms with Gasteiger partial charge in [-0.2, -0.15) is 5.10 Å². The van der Waals surface area contributed by atoms with Gasteiger partial charge < -0.3 is 9.72 Å². The normalized spacial score (nSPS) is 11.2. The van der Waals surface area contributed by atoms with Crippen LogP contribution >= 0.6 is 0 Å². The molecule has 3 heterocycles. The monoisotopic (exact) mass is 331 g/mol. The lowest BCUT2D eigenvalue weighted by molar-refractivity contribution is 0.730. The van der Waals surface area contributed by atoms with E-state index in [1.165, 1.54) is 11.3 Å². The van der Waals surface area contributed by atoms with Crippen molar-refractivity contribution >= 4 is 11.3 Å². The summed E-state index contributed by atoms with van der Waals surface area (Å²) in [6.45, 7) is 4.93. The molecule has 0 unspecified atom stereocenters. The van der Waals surface area contributed by atoms with E-state index in [0.717, 1.165) is 34.8 Å². The van der Waals surface area contributed by atoms with E-state index in [9.17, 15) is 0 Å². The van der Waals surface area contributed by atoms with Gasteiger partial charge in [-0.15, -0.1) is 0 Å². The fourth-order valence-electron chi connectivity index (χ4n) is 3.10. The van der Waals surface area contributed by atoms with Crippen LogP contribution in [0.1, 0.15) is 17.0 Å². The van der Waals surface area contributed by atoms with E-state index in [1.54, 1.807) is 0 Å². The van der Waals surface area contributed by atoms with Gasteiger partial charge in [0, 0.05) is 48.5 Å². The fraction of sp³-hybridized carbons (Fsp3) is 0.200. The lowest BCUT2D eigenvalue weighted by atomic mass is 10.1. The first kappa shape index (κ1) is 15.4. The summed E-state index contributed by atoms with van der Waals surface area (Å²) in [5.41, 5.74) is 7.68. The number of hydrogen-bond donors (Lipinski definition) is 1. The molecular weight excluding hydrogens is 310 g/mol. The molecule has 0 saturated carbocycles. The molecule has 0 fully saturated rings. The summed E-state index contributed by atoms with van der Waals surface area (Å²) in [7, 11) is 1.98. The number of hydrogen-bond acceptors (Lipinski definition) is 3. The standard InChI is InChI=1S/C20H21N5/c1-14-18(15(2)24(3)23-14)12-21-17-9-7-16(8-10-17)19-13-25-11-5-4-6-20(25)22-19/h4-11,13,21H,12H2,1-3H3. The van der Waals surface area contributed by atoms with E-state index in [-0.39, 0.29) is 0 Å². The lowest BCUT2D eigenvalue weighted by Crippen LogP contribution is -2.02. The molecule has 5 heteroatoms. The van der Waals surface area contributed by atoms with Crippen LogP contribution in [0.2, 0.25) is 0 Å². The van der Waals surface area contributed by atoms with E-state index in [1.807, 2.05) is 40.5 Å². The predicted octanol–water partition coefficient (Wildman–Crippen LogP) is 3.96. The van der Waals surface area contributed by atoms with Gasteiger partial charge in [-0.3, -0.25) is 4.68 Å². The van der Waals surface area contributed by atoms with Gasteiger partial charge in [-0.1, -0.05) is 18.2 Å². The van der Waals surface area contributed by atoms with Crippen molar-refractivity contribution in [2.45, 2.75) is 20.4 Å². The molecule has 0 amide bonds. The molecule has 1 aromatic carbocycles. The topological polar surface area (TPSA) is 47.2 Å². The van der Waals surface area contributed by atoms with Crippen molar-refractivity contribution in [2.24, 2.45) is 7.05 Å². The molecule has 126 valence electrons. The van der Waals surface area contributed by atoms with Crippen molar-refractivity contribution in [3.8, 4) is 11.3 Å². The van der Waals surface area contributed by atoms with E-state index < -0.39 is 0 Å². The number of aromatic nitrogens is 4. The van der Waals surface area contributed by atoms with Crippen LogP contribution in [0.3, 0.4) is 0 Å². The summed E-state index contributed by atoms with van der Waals surface area (Å²) in [6.07, 6.45) is 4.07. The van der Waals surface area contributed by atoms with Crippen molar-refractivity contribution in [2.75, 3.05) is 5.32 Å². The molecule has 1 N–H and O–H groups in total. The summed E-state index contributed by atoms with van der Waals surface area (Å²) in [5.74, 6) is 0. The smallest absolute Gasteiger partial charge is 0.137 e. The molecule has 0 saturated heterocycles. The van der Waals surface area contributed by atoms with Gasteiger partial charge in [0.15, 0.2) is 0 Å². The molecule has 0 atom stereocenters. The second-order valence-corrected chi connectivity index (χ2v) is 6.30. The summed E-state index contributed by atoms with van der Waals surface area (Å²) < 4.78 is 3.97. The van der Waals surface area contributed by atoms with Crippen molar-refractivity contribution in [1.82, 2.24) is 19.2 Å². The number of aryl methyl sites for hydroxylation is 2. The number of fused-ring (bicyclic) bond motifs is 1. The molecule has 0 aliphatic rings. The molecule has 0 aliphatic heterocycles. The minimum absolute atomic E-state index is 0.777. The maximum Gasteiger partial charge on any atom is 0.137 e. The Bertz CT molecular complexity index is 991. The third kappa shape index (κ3) is 2.89. The maximum atomic E-state index is 4.66. The molecule has 5 nitrogen and oxygen atoms in total. The molecule has 0 spiro atoms. The molecule has 0 aliphatic carbocycles. The van der Waals surface area contributed by atoms with E-state index in [2.05, 4.69) is 59.7 Å². The van der Waals surface area contributed by atoms with Crippen molar-refractivity contribution in [3.05, 3.63) is 71.8 Å². The average molecular weight is 331 g/mol. The number of benzene rings is 1. The maximum absolute atomic E-state index is 4.66. The van der Waals surface area contributed by atoms with Crippen LogP contribution in [-0.2, 0) is 13.6 Å². The number of rotatable bonds is 4. The van der Waals surface area contributed by atoms with Crippen LogP contribution in [0.15, 0.2) is 54.9 Å². The zero-order chi connectivity index (χ0) is 17.4. The Labute approximate surface area is 147 Å². The number of anilines is 1. The predicted molar refractivity (Wildman–Crippen MR) is 101 cm³/mol. The Morgan fingerprint density at radius 3 is 2.52 bits per heavy atom. The number of imidazole rings is 1. The van der Waals surface area contributed by atoms with Crippen LogP contribution in [0.5, 0.6) is 0 Å². The molecule has 3 aromatic heterocycles. The van der Waals surface area contributed by atoms with Gasteiger partial charge in [0.05, 0.1) is 11.4 Å². The van der Waals surface area contributed by atoms with E-state index in [0.29, 0.717) is 0 Å². The largest absolute Gasteiger partial charge is 0.381 e. The average Bonchev–Trinajstić information content (AvgIpc) is 3.15. The summed E-state index contributed by atoms with van der Waals surface area (Å²) in [5, 5.41) is 7.95. The summed E-state index contributed by atoms with van der Waals surface area (Å²) >= 11 is 0. The zero-order valence-electron chi connectivity index (χ0n) is 14.7. The molecule has 4 aromatic rings. The highest BCUT2D eigenvalue weighted by Gasteiger charge is 2.09. The van der Waals surface area contributed by atoms with E-state index in [4.69, 9.17) is 0 Å². The van der Waals surface area contributed by atoms with Gasteiger partial charge >= 0.3 is 0 Å². The van der Waals surface area contributed by atoms with Gasteiger partial charge in [0.2, 0.25) is 0 Å². The highest BCUT2D eigenvalue weighted by atomic mass is 15.3. The van der Waals surface area contributed by atoms with Gasteiger partial charge in [0.1, 0.15) is 5.65 Å². The van der Waals surface area contributed by atoms with Crippen molar-refractivity contribution in [1.29, 1.82) is 0 Å². The van der Waals surface area contributed by atoms with Gasteiger partial charge in [-0.05, 0) is 38.1 Å². The highest BCUT2D eigenvalue weighted by molar-refractivity contribution is 5.65. The fourth-order valence-corrected chi connectivity index (χ4v) is 3.10. The third-order valence-corrected chi connectivity index (χ3v) is 4.67. The van der Waals surface area contributed by atoms with Crippen LogP contribution in [0, 0.1) is 13.8 Å². The Morgan fingerprint density at radius 1 is 1.04 bits per heavy atom. The first-order valence-electron chi connectivity index (χ1n) is 8.39. The van der Waals surface area contributed by atoms with Crippen LogP contribution in [0.4, 0.5) is 5.69 Å². The minimum Gasteiger partial charge on any atom is -0.381 e. The van der Waals surface area contributed by atoms with Gasteiger partial charge in [0.25, 0.3) is 0 Å².